The van der Waals surface area contributed by atoms with E-state index in [0.717, 1.165) is 22.5 Å². The molecule has 0 unspecified atom stereocenters. The molecule has 0 spiro atoms. The van der Waals surface area contributed by atoms with Crippen LogP contribution in [0.5, 0.6) is 0 Å². The number of hydrogen-bond acceptors (Lipinski definition) is 3. The number of halogens is 1. The van der Waals surface area contributed by atoms with E-state index in [0.29, 0.717) is 16.5 Å². The molecule has 0 fully saturated rings. The number of fused-ring (bicyclic) bond motifs is 1. The maximum Gasteiger partial charge on any atom is 0.248 e. The largest absolute Gasteiger partial charge is 0.322 e. The summed E-state index contributed by atoms with van der Waals surface area (Å²) in [6.45, 7) is 1.99. The molecule has 1 N–H and O–H groups in total. The van der Waals surface area contributed by atoms with E-state index in [1.165, 1.54) is 6.08 Å². The Hall–Kier alpha value is -3.44. The number of nitrogens with zero attached hydrogens (tertiary/aromatic N) is 3. The molecule has 4 rings (SSSR count). The minimum atomic E-state index is -0.231. The van der Waals surface area contributed by atoms with Crippen molar-refractivity contribution in [2.45, 2.75) is 6.92 Å². The smallest absolute Gasteiger partial charge is 0.248 e. The fourth-order valence-electron chi connectivity index (χ4n) is 2.98. The Bertz CT molecular complexity index is 1200. The quantitative estimate of drug-likeness (QED) is 0.500. The number of hydrogen-bond donors (Lipinski definition) is 1. The van der Waals surface area contributed by atoms with Gasteiger partial charge in [0.05, 0.1) is 5.69 Å². The van der Waals surface area contributed by atoms with Crippen molar-refractivity contribution in [1.82, 2.24) is 14.4 Å². The molecule has 0 aliphatic carbocycles. The van der Waals surface area contributed by atoms with Crippen LogP contribution in [0.4, 0.5) is 5.69 Å². The van der Waals surface area contributed by atoms with Crippen molar-refractivity contribution in [3.63, 3.8) is 0 Å². The van der Waals surface area contributed by atoms with Crippen LogP contribution >= 0.6 is 11.6 Å². The molecule has 0 radical (unpaired) electrons. The first-order valence-corrected chi connectivity index (χ1v) is 9.13. The van der Waals surface area contributed by atoms with Gasteiger partial charge in [-0.1, -0.05) is 41.9 Å². The number of carbonyl (C=O) groups excluding carboxylic acids is 1. The fourth-order valence-corrected chi connectivity index (χ4v) is 3.18. The maximum absolute atomic E-state index is 12.3. The second-order valence-electron chi connectivity index (χ2n) is 6.26. The summed E-state index contributed by atoms with van der Waals surface area (Å²) < 4.78 is 1.94. The van der Waals surface area contributed by atoms with Gasteiger partial charge in [-0.05, 0) is 42.8 Å². The molecule has 0 aliphatic heterocycles. The average Bonchev–Trinajstić information content (AvgIpc) is 3.05. The Balaban J connectivity index is 1.56. The molecule has 2 aromatic carbocycles. The lowest BCUT2D eigenvalue weighted by atomic mass is 10.1. The van der Waals surface area contributed by atoms with Gasteiger partial charge in [-0.15, -0.1) is 0 Å². The molecule has 1 amide bonds. The molecular formula is C22H17ClN4O. The van der Waals surface area contributed by atoms with Gasteiger partial charge in [0.1, 0.15) is 0 Å². The zero-order chi connectivity index (χ0) is 19.5. The highest BCUT2D eigenvalue weighted by Gasteiger charge is 2.11. The van der Waals surface area contributed by atoms with Gasteiger partial charge >= 0.3 is 0 Å². The number of nitrogens with one attached hydrogen (secondary N) is 1. The molecule has 0 saturated heterocycles. The first kappa shape index (κ1) is 17.9. The molecule has 0 atom stereocenters. The maximum atomic E-state index is 12.3. The van der Waals surface area contributed by atoms with E-state index in [9.17, 15) is 4.79 Å². The lowest BCUT2D eigenvalue weighted by Gasteiger charge is -2.05. The van der Waals surface area contributed by atoms with Gasteiger partial charge < -0.3 is 5.32 Å². The summed E-state index contributed by atoms with van der Waals surface area (Å²) in [6, 6.07) is 16.8. The molecule has 138 valence electrons. The lowest BCUT2D eigenvalue weighted by Crippen LogP contribution is -2.07. The van der Waals surface area contributed by atoms with Crippen LogP contribution in [-0.4, -0.2) is 20.3 Å². The number of aromatic nitrogens is 3. The Labute approximate surface area is 167 Å². The van der Waals surface area contributed by atoms with Crippen molar-refractivity contribution in [2.24, 2.45) is 0 Å². The summed E-state index contributed by atoms with van der Waals surface area (Å²) >= 11 is 6.11. The molecule has 0 saturated carbocycles. The van der Waals surface area contributed by atoms with Crippen molar-refractivity contribution in [3.8, 4) is 11.3 Å². The monoisotopic (exact) mass is 388 g/mol. The van der Waals surface area contributed by atoms with Gasteiger partial charge in [0.25, 0.3) is 0 Å². The van der Waals surface area contributed by atoms with Crippen LogP contribution in [0, 0.1) is 6.92 Å². The number of aryl methyl sites for hydroxylation is 1. The van der Waals surface area contributed by atoms with Gasteiger partial charge in [0.2, 0.25) is 11.7 Å². The third-order valence-corrected chi connectivity index (χ3v) is 4.71. The molecule has 6 heteroatoms. The second kappa shape index (κ2) is 7.66. The third-order valence-electron chi connectivity index (χ3n) is 4.37. The summed E-state index contributed by atoms with van der Waals surface area (Å²) in [5.41, 5.74) is 4.22. The zero-order valence-corrected chi connectivity index (χ0v) is 15.9. The molecular weight excluding hydrogens is 372 g/mol. The van der Waals surface area contributed by atoms with Crippen molar-refractivity contribution >= 4 is 35.0 Å². The summed E-state index contributed by atoms with van der Waals surface area (Å²) in [4.78, 5) is 21.2. The van der Waals surface area contributed by atoms with Crippen LogP contribution in [0.2, 0.25) is 5.02 Å². The number of benzene rings is 2. The van der Waals surface area contributed by atoms with E-state index in [-0.39, 0.29) is 5.91 Å². The first-order valence-electron chi connectivity index (χ1n) is 8.75. The van der Waals surface area contributed by atoms with Gasteiger partial charge in [-0.2, -0.15) is 0 Å². The van der Waals surface area contributed by atoms with Crippen LogP contribution in [-0.2, 0) is 4.79 Å². The molecule has 2 aromatic heterocycles. The number of rotatable bonds is 4. The van der Waals surface area contributed by atoms with Crippen LogP contribution < -0.4 is 5.32 Å². The van der Waals surface area contributed by atoms with E-state index < -0.39 is 0 Å². The van der Waals surface area contributed by atoms with Gasteiger partial charge in [-0.3, -0.25) is 9.20 Å². The number of imidazole rings is 1. The number of carbonyl (C=O) groups is 1. The third kappa shape index (κ3) is 3.66. The summed E-state index contributed by atoms with van der Waals surface area (Å²) in [6.07, 6.45) is 6.81. The Morgan fingerprint density at radius 3 is 2.82 bits per heavy atom. The number of anilines is 1. The van der Waals surface area contributed by atoms with Crippen LogP contribution in [0.1, 0.15) is 11.3 Å². The summed E-state index contributed by atoms with van der Waals surface area (Å²) in [7, 11) is 0. The Kier molecular flexibility index (Phi) is 4.91. The van der Waals surface area contributed by atoms with E-state index in [1.807, 2.05) is 66.1 Å². The zero-order valence-electron chi connectivity index (χ0n) is 15.1. The highest BCUT2D eigenvalue weighted by atomic mass is 35.5. The predicted molar refractivity (Wildman–Crippen MR) is 112 cm³/mol. The average molecular weight is 389 g/mol. The SMILES string of the molecule is Cc1c(-c2cccc(NC(=O)/C=C/c3ccccc3Cl)c2)nc2ncccn12. The molecule has 28 heavy (non-hydrogen) atoms. The second-order valence-corrected chi connectivity index (χ2v) is 6.67. The van der Waals surface area contributed by atoms with E-state index >= 15 is 0 Å². The van der Waals surface area contributed by atoms with Gasteiger partial charge in [0, 0.05) is 40.4 Å². The summed E-state index contributed by atoms with van der Waals surface area (Å²) in [5, 5.41) is 3.48. The van der Waals surface area contributed by atoms with Gasteiger partial charge in [-0.25, -0.2) is 9.97 Å². The summed E-state index contributed by atoms with van der Waals surface area (Å²) in [5.74, 6) is 0.414. The molecule has 0 aliphatic rings. The van der Waals surface area contributed by atoms with Crippen molar-refractivity contribution in [1.29, 1.82) is 0 Å². The first-order chi connectivity index (χ1) is 13.6. The molecule has 0 bridgehead atoms. The van der Waals surface area contributed by atoms with Crippen molar-refractivity contribution < 1.29 is 4.79 Å². The number of amides is 1. The lowest BCUT2D eigenvalue weighted by molar-refractivity contribution is -0.111. The van der Waals surface area contributed by atoms with Crippen molar-refractivity contribution in [3.05, 3.63) is 89.3 Å². The topological polar surface area (TPSA) is 59.3 Å². The van der Waals surface area contributed by atoms with Gasteiger partial charge in [0.15, 0.2) is 0 Å². The van der Waals surface area contributed by atoms with E-state index in [4.69, 9.17) is 11.6 Å². The highest BCUT2D eigenvalue weighted by Crippen LogP contribution is 2.25. The Morgan fingerprint density at radius 2 is 2.00 bits per heavy atom. The van der Waals surface area contributed by atoms with Crippen LogP contribution in [0.3, 0.4) is 0 Å². The normalized spacial score (nSPS) is 11.2. The van der Waals surface area contributed by atoms with E-state index in [2.05, 4.69) is 15.3 Å². The van der Waals surface area contributed by atoms with Crippen LogP contribution in [0.25, 0.3) is 23.1 Å². The standard InChI is InChI=1S/C22H17ClN4O/c1-15-21(26-22-24-12-5-13-27(15)22)17-7-4-8-18(14-17)25-20(28)11-10-16-6-2-3-9-19(16)23/h2-14H,1H3,(H,25,28)/b11-10+. The molecule has 4 aromatic rings. The van der Waals surface area contributed by atoms with Crippen LogP contribution in [0.15, 0.2) is 73.1 Å². The minimum Gasteiger partial charge on any atom is -0.322 e. The Morgan fingerprint density at radius 1 is 1.14 bits per heavy atom. The van der Waals surface area contributed by atoms with Crippen molar-refractivity contribution in [2.75, 3.05) is 5.32 Å². The molecule has 5 nitrogen and oxygen atoms in total. The van der Waals surface area contributed by atoms with E-state index in [1.54, 1.807) is 18.3 Å². The molecule has 2 heterocycles. The minimum absolute atomic E-state index is 0.231. The predicted octanol–water partition coefficient (Wildman–Crippen LogP) is 5.01. The highest BCUT2D eigenvalue weighted by molar-refractivity contribution is 6.32. The fraction of sp³-hybridized carbons (Fsp3) is 0.0455.